The highest BCUT2D eigenvalue weighted by molar-refractivity contribution is 5.95. The van der Waals surface area contributed by atoms with Gasteiger partial charge in [-0.3, -0.25) is 9.59 Å². The van der Waals surface area contributed by atoms with Crippen molar-refractivity contribution in [2.24, 2.45) is 5.92 Å². The molecule has 1 aliphatic carbocycles. The van der Waals surface area contributed by atoms with E-state index in [0.717, 1.165) is 18.9 Å². The molecule has 2 aromatic rings. The minimum atomic E-state index is -0.640. The monoisotopic (exact) mass is 386 g/mol. The number of nitrogens with one attached hydrogen (secondary N) is 1. The molecule has 0 aromatic heterocycles. The summed E-state index contributed by atoms with van der Waals surface area (Å²) in [6, 6.07) is 10.1. The van der Waals surface area contributed by atoms with Crippen LogP contribution in [0.1, 0.15) is 36.5 Å². The number of nitrogens with zero attached hydrogens (tertiary/aromatic N) is 1. The van der Waals surface area contributed by atoms with Gasteiger partial charge in [0.1, 0.15) is 11.6 Å². The van der Waals surface area contributed by atoms with Gasteiger partial charge in [0.2, 0.25) is 5.91 Å². The highest BCUT2D eigenvalue weighted by atomic mass is 19.1. The summed E-state index contributed by atoms with van der Waals surface area (Å²) < 4.78 is 27.0. The fourth-order valence-corrected chi connectivity index (χ4v) is 3.75. The lowest BCUT2D eigenvalue weighted by Gasteiger charge is -2.25. The molecule has 1 N–H and O–H groups in total. The van der Waals surface area contributed by atoms with Crippen LogP contribution in [0.25, 0.3) is 11.1 Å². The molecular weight excluding hydrogens is 362 g/mol. The average molecular weight is 386 g/mol. The van der Waals surface area contributed by atoms with E-state index in [9.17, 15) is 18.4 Å². The molecule has 0 bridgehead atoms. The molecule has 1 aliphatic rings. The van der Waals surface area contributed by atoms with Crippen LogP contribution in [-0.2, 0) is 4.79 Å². The van der Waals surface area contributed by atoms with Crippen LogP contribution in [-0.4, -0.2) is 36.3 Å². The number of benzene rings is 2. The van der Waals surface area contributed by atoms with Gasteiger partial charge in [0.15, 0.2) is 0 Å². The summed E-state index contributed by atoms with van der Waals surface area (Å²) in [5, 5.41) is 2.84. The van der Waals surface area contributed by atoms with Crippen molar-refractivity contribution < 1.29 is 18.4 Å². The highest BCUT2D eigenvalue weighted by Crippen LogP contribution is 2.30. The van der Waals surface area contributed by atoms with E-state index in [1.807, 2.05) is 6.92 Å². The van der Waals surface area contributed by atoms with Gasteiger partial charge in [-0.05, 0) is 56.0 Å². The molecule has 0 aliphatic heterocycles. The fraction of sp³-hybridized carbons (Fsp3) is 0.364. The number of carbonyl (C=O) groups is 2. The Kier molecular flexibility index (Phi) is 6.07. The van der Waals surface area contributed by atoms with E-state index in [1.54, 1.807) is 36.2 Å². The van der Waals surface area contributed by atoms with E-state index in [2.05, 4.69) is 5.32 Å². The van der Waals surface area contributed by atoms with E-state index >= 15 is 0 Å². The third-order valence-electron chi connectivity index (χ3n) is 5.37. The zero-order valence-electron chi connectivity index (χ0n) is 16.0. The van der Waals surface area contributed by atoms with Crippen molar-refractivity contribution in [2.75, 3.05) is 13.6 Å². The van der Waals surface area contributed by atoms with Gasteiger partial charge in [-0.25, -0.2) is 8.78 Å². The second-order valence-corrected chi connectivity index (χ2v) is 7.18. The van der Waals surface area contributed by atoms with E-state index in [1.165, 1.54) is 12.1 Å². The van der Waals surface area contributed by atoms with Crippen LogP contribution in [0.15, 0.2) is 42.5 Å². The number of rotatable bonds is 5. The lowest BCUT2D eigenvalue weighted by atomic mass is 10.0. The average Bonchev–Trinajstić information content (AvgIpc) is 3.18. The largest absolute Gasteiger partial charge is 0.356 e. The van der Waals surface area contributed by atoms with E-state index < -0.39 is 11.6 Å². The first-order valence-electron chi connectivity index (χ1n) is 9.51. The lowest BCUT2D eigenvalue weighted by molar-refractivity contribution is -0.124. The minimum Gasteiger partial charge on any atom is -0.356 e. The smallest absolute Gasteiger partial charge is 0.253 e. The molecule has 1 fully saturated rings. The van der Waals surface area contributed by atoms with Crippen LogP contribution in [0.2, 0.25) is 0 Å². The summed E-state index contributed by atoms with van der Waals surface area (Å²) in [4.78, 5) is 26.5. The van der Waals surface area contributed by atoms with Gasteiger partial charge in [-0.2, -0.15) is 0 Å². The van der Waals surface area contributed by atoms with Crippen molar-refractivity contribution in [1.82, 2.24) is 10.2 Å². The summed E-state index contributed by atoms with van der Waals surface area (Å²) in [6.07, 6.45) is 2.23. The van der Waals surface area contributed by atoms with Crippen LogP contribution >= 0.6 is 0 Å². The SMILES string of the molecule is CCNC(=O)[C@H]1CC[C@@H](N(C)C(=O)c2ccc(-c3ccc(F)cc3F)cc2)C1. The Hall–Kier alpha value is -2.76. The summed E-state index contributed by atoms with van der Waals surface area (Å²) in [7, 11) is 1.75. The predicted molar refractivity (Wildman–Crippen MR) is 104 cm³/mol. The molecule has 148 valence electrons. The van der Waals surface area contributed by atoms with Gasteiger partial charge in [0.05, 0.1) is 0 Å². The molecular formula is C22H24F2N2O2. The Bertz CT molecular complexity index is 867. The van der Waals surface area contributed by atoms with Gasteiger partial charge >= 0.3 is 0 Å². The Morgan fingerprint density at radius 2 is 1.82 bits per heavy atom. The Morgan fingerprint density at radius 3 is 2.46 bits per heavy atom. The minimum absolute atomic E-state index is 0.0225. The summed E-state index contributed by atoms with van der Waals surface area (Å²) in [5.74, 6) is -1.40. The van der Waals surface area contributed by atoms with Crippen LogP contribution < -0.4 is 5.32 Å². The second-order valence-electron chi connectivity index (χ2n) is 7.18. The first-order valence-corrected chi connectivity index (χ1v) is 9.51. The van der Waals surface area contributed by atoms with Crippen LogP contribution in [0.3, 0.4) is 0 Å². The van der Waals surface area contributed by atoms with Crippen molar-refractivity contribution in [2.45, 2.75) is 32.2 Å². The van der Waals surface area contributed by atoms with Crippen LogP contribution in [0.4, 0.5) is 8.78 Å². The van der Waals surface area contributed by atoms with Crippen molar-refractivity contribution in [3.05, 3.63) is 59.7 Å². The third kappa shape index (κ3) is 4.21. The maximum absolute atomic E-state index is 13.9. The molecule has 2 amide bonds. The Labute approximate surface area is 163 Å². The summed E-state index contributed by atoms with van der Waals surface area (Å²) in [5.41, 5.74) is 1.36. The van der Waals surface area contributed by atoms with Gasteiger partial charge in [0.25, 0.3) is 5.91 Å². The maximum Gasteiger partial charge on any atom is 0.253 e. The molecule has 0 saturated heterocycles. The van der Waals surface area contributed by atoms with Crippen molar-refractivity contribution in [1.29, 1.82) is 0 Å². The topological polar surface area (TPSA) is 49.4 Å². The zero-order chi connectivity index (χ0) is 20.3. The molecule has 3 rings (SSSR count). The van der Waals surface area contributed by atoms with Crippen molar-refractivity contribution in [3.63, 3.8) is 0 Å². The maximum atomic E-state index is 13.9. The Morgan fingerprint density at radius 1 is 1.11 bits per heavy atom. The molecule has 2 aromatic carbocycles. The van der Waals surface area contributed by atoms with Gasteiger partial charge in [0, 0.05) is 42.7 Å². The molecule has 0 unspecified atom stereocenters. The molecule has 2 atom stereocenters. The van der Waals surface area contributed by atoms with Gasteiger partial charge in [-0.15, -0.1) is 0 Å². The van der Waals surface area contributed by atoms with Gasteiger partial charge < -0.3 is 10.2 Å². The fourth-order valence-electron chi connectivity index (χ4n) is 3.75. The second kappa shape index (κ2) is 8.50. The molecule has 0 heterocycles. The first-order chi connectivity index (χ1) is 13.4. The molecule has 1 saturated carbocycles. The first kappa shape index (κ1) is 20.0. The van der Waals surface area contributed by atoms with Crippen LogP contribution in [0, 0.1) is 17.6 Å². The summed E-state index contributed by atoms with van der Waals surface area (Å²) >= 11 is 0. The zero-order valence-corrected chi connectivity index (χ0v) is 16.0. The number of hydrogen-bond acceptors (Lipinski definition) is 2. The lowest BCUT2D eigenvalue weighted by Crippen LogP contribution is -2.36. The molecule has 28 heavy (non-hydrogen) atoms. The quantitative estimate of drug-likeness (QED) is 0.844. The number of carbonyl (C=O) groups excluding carboxylic acids is 2. The van der Waals surface area contributed by atoms with Crippen molar-refractivity contribution in [3.8, 4) is 11.1 Å². The summed E-state index contributed by atoms with van der Waals surface area (Å²) in [6.45, 7) is 2.50. The normalized spacial score (nSPS) is 18.7. The van der Waals surface area contributed by atoms with E-state index in [0.29, 0.717) is 24.1 Å². The molecule has 0 radical (unpaired) electrons. The van der Waals surface area contributed by atoms with E-state index in [4.69, 9.17) is 0 Å². The van der Waals surface area contributed by atoms with Crippen LogP contribution in [0.5, 0.6) is 0 Å². The van der Waals surface area contributed by atoms with E-state index in [-0.39, 0.29) is 29.3 Å². The third-order valence-corrected chi connectivity index (χ3v) is 5.37. The van der Waals surface area contributed by atoms with Crippen molar-refractivity contribution >= 4 is 11.8 Å². The van der Waals surface area contributed by atoms with Gasteiger partial charge in [-0.1, -0.05) is 12.1 Å². The molecule has 4 nitrogen and oxygen atoms in total. The number of amides is 2. The predicted octanol–water partition coefficient (Wildman–Crippen LogP) is 4.01. The molecule has 0 spiro atoms. The number of halogens is 2. The highest BCUT2D eigenvalue weighted by Gasteiger charge is 2.33. The standard InChI is InChI=1S/C22H24F2N2O2/c1-3-25-21(27)16-8-10-18(12-16)26(2)22(28)15-6-4-14(5-7-15)19-11-9-17(23)13-20(19)24/h4-7,9,11,13,16,18H,3,8,10,12H2,1-2H3,(H,25,27)/t16-,18+/m0/s1. The molecule has 6 heteroatoms. The Balaban J connectivity index is 1.68. The number of hydrogen-bond donors (Lipinski definition) is 1.